The van der Waals surface area contributed by atoms with E-state index in [-0.39, 0.29) is 10.6 Å². The summed E-state index contributed by atoms with van der Waals surface area (Å²) in [5, 5.41) is 14.4. The second-order valence-corrected chi connectivity index (χ2v) is 7.61. The molecule has 2 aliphatic heterocycles. The Kier molecular flexibility index (Phi) is 6.05. The molecule has 29 heavy (non-hydrogen) atoms. The lowest BCUT2D eigenvalue weighted by atomic mass is 10.0. The zero-order chi connectivity index (χ0) is 20.1. The molecule has 152 valence electrons. The van der Waals surface area contributed by atoms with E-state index < -0.39 is 0 Å². The van der Waals surface area contributed by atoms with Crippen LogP contribution in [-0.4, -0.2) is 42.1 Å². The van der Waals surface area contributed by atoms with Gasteiger partial charge in [-0.25, -0.2) is 4.99 Å². The Bertz CT molecular complexity index is 876. The predicted molar refractivity (Wildman–Crippen MR) is 112 cm³/mol. The third-order valence-electron chi connectivity index (χ3n) is 5.56. The van der Waals surface area contributed by atoms with Crippen molar-refractivity contribution in [3.8, 4) is 0 Å². The number of fused-ring (bicyclic) bond motifs is 1. The fraction of sp³-hybridized carbons (Fsp3) is 0.409. The number of guanidine groups is 1. The minimum Gasteiger partial charge on any atom is -0.381 e. The van der Waals surface area contributed by atoms with E-state index >= 15 is 0 Å². The van der Waals surface area contributed by atoms with Crippen molar-refractivity contribution in [1.82, 2.24) is 10.2 Å². The Labute approximate surface area is 170 Å². The Morgan fingerprint density at radius 2 is 2.00 bits per heavy atom. The van der Waals surface area contributed by atoms with Crippen LogP contribution in [-0.2, 0) is 24.2 Å². The molecule has 1 N–H and O–H groups in total. The van der Waals surface area contributed by atoms with Crippen LogP contribution in [0.3, 0.4) is 0 Å². The maximum absolute atomic E-state index is 10.8. The van der Waals surface area contributed by atoms with Crippen molar-refractivity contribution in [2.45, 2.75) is 25.9 Å². The van der Waals surface area contributed by atoms with E-state index in [0.29, 0.717) is 12.5 Å². The highest BCUT2D eigenvalue weighted by Gasteiger charge is 2.21. The van der Waals surface area contributed by atoms with Crippen molar-refractivity contribution in [3.63, 3.8) is 0 Å². The van der Waals surface area contributed by atoms with Crippen molar-refractivity contribution < 1.29 is 9.66 Å². The lowest BCUT2D eigenvalue weighted by Gasteiger charge is -2.32. The topological polar surface area (TPSA) is 80.0 Å². The molecule has 4 rings (SSSR count). The molecule has 1 saturated heterocycles. The molecule has 2 aliphatic rings. The first-order valence-electron chi connectivity index (χ1n) is 10.1. The van der Waals surface area contributed by atoms with Crippen LogP contribution in [0.5, 0.6) is 0 Å². The molecule has 0 aromatic heterocycles. The first-order chi connectivity index (χ1) is 14.2. The molecule has 1 fully saturated rings. The first kappa shape index (κ1) is 19.4. The molecule has 0 amide bonds. The van der Waals surface area contributed by atoms with Gasteiger partial charge in [-0.1, -0.05) is 36.4 Å². The van der Waals surface area contributed by atoms with Crippen LogP contribution in [0.1, 0.15) is 23.1 Å². The lowest BCUT2D eigenvalue weighted by Crippen LogP contribution is -2.45. The average Bonchev–Trinajstić information content (AvgIpc) is 3.27. The van der Waals surface area contributed by atoms with Crippen LogP contribution in [0.2, 0.25) is 0 Å². The quantitative estimate of drug-likeness (QED) is 0.365. The molecule has 2 aromatic rings. The number of nitro benzene ring substituents is 1. The largest absolute Gasteiger partial charge is 0.381 e. The highest BCUT2D eigenvalue weighted by molar-refractivity contribution is 5.80. The van der Waals surface area contributed by atoms with Gasteiger partial charge in [-0.2, -0.15) is 0 Å². The second-order valence-electron chi connectivity index (χ2n) is 7.61. The predicted octanol–water partition coefficient (Wildman–Crippen LogP) is 3.14. The van der Waals surface area contributed by atoms with E-state index in [1.54, 1.807) is 12.1 Å². The number of hydrogen-bond acceptors (Lipinski definition) is 4. The number of rotatable bonds is 5. The monoisotopic (exact) mass is 394 g/mol. The number of non-ortho nitro benzene ring substituents is 1. The summed E-state index contributed by atoms with van der Waals surface area (Å²) < 4.78 is 5.49. The van der Waals surface area contributed by atoms with Crippen molar-refractivity contribution in [1.29, 1.82) is 0 Å². The van der Waals surface area contributed by atoms with Gasteiger partial charge in [0.15, 0.2) is 5.96 Å². The van der Waals surface area contributed by atoms with Crippen LogP contribution < -0.4 is 5.32 Å². The molecule has 0 bridgehead atoms. The highest BCUT2D eigenvalue weighted by Crippen LogP contribution is 2.19. The van der Waals surface area contributed by atoms with Crippen LogP contribution in [0.25, 0.3) is 0 Å². The van der Waals surface area contributed by atoms with Gasteiger partial charge in [0.2, 0.25) is 0 Å². The number of hydrogen-bond donors (Lipinski definition) is 1. The Balaban J connectivity index is 1.48. The zero-order valence-corrected chi connectivity index (χ0v) is 16.4. The van der Waals surface area contributed by atoms with E-state index in [1.165, 1.54) is 23.3 Å². The van der Waals surface area contributed by atoms with Gasteiger partial charge >= 0.3 is 0 Å². The average molecular weight is 394 g/mol. The van der Waals surface area contributed by atoms with Crippen molar-refractivity contribution in [3.05, 3.63) is 75.3 Å². The molecule has 0 spiro atoms. The van der Waals surface area contributed by atoms with Crippen LogP contribution >= 0.6 is 0 Å². The molecule has 0 radical (unpaired) electrons. The van der Waals surface area contributed by atoms with E-state index in [2.05, 4.69) is 34.5 Å². The Morgan fingerprint density at radius 1 is 1.21 bits per heavy atom. The SMILES string of the molecule is O=[N+]([O-])c1ccc(CN=C(NCC2CCOC2)N2CCc3ccccc3C2)cc1. The van der Waals surface area contributed by atoms with Crippen LogP contribution in [0.4, 0.5) is 5.69 Å². The third-order valence-corrected chi connectivity index (χ3v) is 5.56. The Morgan fingerprint density at radius 3 is 2.72 bits per heavy atom. The summed E-state index contributed by atoms with van der Waals surface area (Å²) >= 11 is 0. The summed E-state index contributed by atoms with van der Waals surface area (Å²) in [6.07, 6.45) is 2.08. The van der Waals surface area contributed by atoms with Gasteiger partial charge in [0.05, 0.1) is 18.1 Å². The van der Waals surface area contributed by atoms with Crippen LogP contribution in [0, 0.1) is 16.0 Å². The maximum atomic E-state index is 10.8. The molecule has 0 aliphatic carbocycles. The number of benzene rings is 2. The summed E-state index contributed by atoms with van der Waals surface area (Å²) in [5.41, 5.74) is 3.80. The second kappa shape index (κ2) is 9.05. The van der Waals surface area contributed by atoms with E-state index in [1.807, 2.05) is 0 Å². The van der Waals surface area contributed by atoms with E-state index in [9.17, 15) is 10.1 Å². The zero-order valence-electron chi connectivity index (χ0n) is 16.4. The van der Waals surface area contributed by atoms with Gasteiger partial charge in [-0.15, -0.1) is 0 Å². The smallest absolute Gasteiger partial charge is 0.269 e. The summed E-state index contributed by atoms with van der Waals surface area (Å²) in [4.78, 5) is 17.6. The number of aliphatic imine (C=N–C) groups is 1. The number of nitro groups is 1. The molecule has 1 atom stereocenters. The third kappa shape index (κ3) is 4.92. The van der Waals surface area contributed by atoms with Gasteiger partial charge in [0.1, 0.15) is 0 Å². The van der Waals surface area contributed by atoms with Gasteiger partial charge in [0.25, 0.3) is 5.69 Å². The van der Waals surface area contributed by atoms with Crippen molar-refractivity contribution in [2.24, 2.45) is 10.9 Å². The number of nitrogens with zero attached hydrogens (tertiary/aromatic N) is 3. The summed E-state index contributed by atoms with van der Waals surface area (Å²) in [6, 6.07) is 15.2. The molecular formula is C22H26N4O3. The minimum absolute atomic E-state index is 0.102. The van der Waals surface area contributed by atoms with E-state index in [0.717, 1.165) is 57.2 Å². The van der Waals surface area contributed by atoms with Gasteiger partial charge in [0, 0.05) is 44.3 Å². The van der Waals surface area contributed by atoms with Gasteiger partial charge < -0.3 is 15.0 Å². The summed E-state index contributed by atoms with van der Waals surface area (Å²) in [6.45, 7) is 4.72. The molecule has 2 heterocycles. The molecule has 7 heteroatoms. The summed E-state index contributed by atoms with van der Waals surface area (Å²) in [7, 11) is 0. The van der Waals surface area contributed by atoms with Crippen molar-refractivity contribution >= 4 is 11.6 Å². The number of nitrogens with one attached hydrogen (secondary N) is 1. The van der Waals surface area contributed by atoms with Crippen LogP contribution in [0.15, 0.2) is 53.5 Å². The Hall–Kier alpha value is -2.93. The van der Waals surface area contributed by atoms with E-state index in [4.69, 9.17) is 9.73 Å². The molecule has 0 saturated carbocycles. The standard InChI is InChI=1S/C22H26N4O3/c27-26(28)21-7-5-17(6-8-21)13-23-22(24-14-18-10-12-29-16-18)25-11-9-19-3-1-2-4-20(19)15-25/h1-8,18H,9-16H2,(H,23,24). The van der Waals surface area contributed by atoms with Crippen molar-refractivity contribution in [2.75, 3.05) is 26.3 Å². The normalized spacial score (nSPS) is 19.1. The first-order valence-corrected chi connectivity index (χ1v) is 10.1. The molecular weight excluding hydrogens is 368 g/mol. The fourth-order valence-electron chi connectivity index (χ4n) is 3.81. The molecule has 7 nitrogen and oxygen atoms in total. The molecule has 2 aromatic carbocycles. The van der Waals surface area contributed by atoms with Gasteiger partial charge in [-0.3, -0.25) is 10.1 Å². The minimum atomic E-state index is -0.380. The summed E-state index contributed by atoms with van der Waals surface area (Å²) in [5.74, 6) is 1.40. The van der Waals surface area contributed by atoms with Gasteiger partial charge in [-0.05, 0) is 29.5 Å². The maximum Gasteiger partial charge on any atom is 0.269 e. The molecule has 1 unspecified atom stereocenters. The fourth-order valence-corrected chi connectivity index (χ4v) is 3.81. The number of ether oxygens (including phenoxy) is 1. The lowest BCUT2D eigenvalue weighted by molar-refractivity contribution is -0.384. The highest BCUT2D eigenvalue weighted by atomic mass is 16.6.